The Morgan fingerprint density at radius 1 is 1.12 bits per heavy atom. The van der Waals surface area contributed by atoms with Crippen LogP contribution in [0, 0.1) is 18.3 Å². The molecule has 41 heavy (non-hydrogen) atoms. The molecule has 1 aromatic carbocycles. The number of carbonyl (C=O) groups is 4. The molecule has 3 amide bonds. The summed E-state index contributed by atoms with van der Waals surface area (Å²) >= 11 is 0. The van der Waals surface area contributed by atoms with Crippen LogP contribution in [0.4, 0.5) is 4.79 Å². The molecule has 3 unspecified atom stereocenters. The summed E-state index contributed by atoms with van der Waals surface area (Å²) in [6.45, 7) is 8.67. The van der Waals surface area contributed by atoms with Crippen molar-refractivity contribution in [1.82, 2.24) is 16.0 Å². The average Bonchev–Trinajstić information content (AvgIpc) is 3.44. The normalized spacial score (nSPS) is 18.7. The second-order valence-corrected chi connectivity index (χ2v) is 11.3. The van der Waals surface area contributed by atoms with Gasteiger partial charge in [0.1, 0.15) is 23.0 Å². The zero-order valence-corrected chi connectivity index (χ0v) is 24.8. The van der Waals surface area contributed by atoms with Crippen molar-refractivity contribution in [1.29, 1.82) is 5.26 Å². The Morgan fingerprint density at radius 3 is 2.29 bits per heavy atom. The van der Waals surface area contributed by atoms with Crippen LogP contribution >= 0.6 is 0 Å². The Morgan fingerprint density at radius 2 is 1.78 bits per heavy atom. The van der Waals surface area contributed by atoms with Gasteiger partial charge >= 0.3 is 6.09 Å². The van der Waals surface area contributed by atoms with Crippen LogP contribution < -0.4 is 20.7 Å². The largest absolute Gasteiger partial charge is 0.497 e. The molecule has 11 nitrogen and oxygen atoms in total. The van der Waals surface area contributed by atoms with Gasteiger partial charge < -0.3 is 30.2 Å². The van der Waals surface area contributed by atoms with E-state index in [2.05, 4.69) is 29.0 Å². The molecule has 11 heteroatoms. The molecule has 1 aliphatic carbocycles. The summed E-state index contributed by atoms with van der Waals surface area (Å²) in [5.74, 6) is -0.529. The molecule has 0 aromatic heterocycles. The van der Waals surface area contributed by atoms with Crippen LogP contribution in [0.5, 0.6) is 5.75 Å². The van der Waals surface area contributed by atoms with E-state index in [1.807, 2.05) is 30.3 Å². The Kier molecular flexibility index (Phi) is 12.3. The molecule has 3 atom stereocenters. The highest BCUT2D eigenvalue weighted by molar-refractivity contribution is 5.97. The van der Waals surface area contributed by atoms with Crippen LogP contribution in [-0.2, 0) is 23.9 Å². The van der Waals surface area contributed by atoms with Gasteiger partial charge in [0, 0.05) is 0 Å². The quantitative estimate of drug-likeness (QED) is 0.270. The van der Waals surface area contributed by atoms with Crippen molar-refractivity contribution in [3.63, 3.8) is 0 Å². The highest BCUT2D eigenvalue weighted by Gasteiger charge is 2.50. The molecular weight excluding hydrogens is 528 g/mol. The van der Waals surface area contributed by atoms with E-state index in [9.17, 15) is 19.2 Å². The minimum atomic E-state index is -1.18. The Hall–Kier alpha value is -3.91. The van der Waals surface area contributed by atoms with Gasteiger partial charge in [0.15, 0.2) is 5.78 Å². The Bertz CT molecular complexity index is 1140. The fourth-order valence-electron chi connectivity index (χ4n) is 3.97. The molecule has 3 rings (SSSR count). The molecule has 224 valence electrons. The molecule has 0 saturated carbocycles. The third kappa shape index (κ3) is 12.0. The minimum absolute atomic E-state index is 0.195. The number of aryl methyl sites for hydroxylation is 1. The first kappa shape index (κ1) is 33.3. The first-order chi connectivity index (χ1) is 19.3. The Balaban J connectivity index is 0.000000553. The van der Waals surface area contributed by atoms with Gasteiger partial charge in [-0.15, -0.1) is 0 Å². The smallest absolute Gasteiger partial charge is 0.408 e. The third-order valence-electron chi connectivity index (χ3n) is 6.33. The van der Waals surface area contributed by atoms with Crippen molar-refractivity contribution >= 4 is 23.7 Å². The maximum absolute atomic E-state index is 12.8. The fourth-order valence-corrected chi connectivity index (χ4v) is 3.97. The number of nitrogens with one attached hydrogen (secondary N) is 3. The topological polar surface area (TPSA) is 159 Å². The molecule has 1 fully saturated rings. The van der Waals surface area contributed by atoms with Crippen molar-refractivity contribution in [3.05, 3.63) is 41.5 Å². The van der Waals surface area contributed by atoms with Crippen LogP contribution in [0.15, 0.2) is 35.9 Å². The summed E-state index contributed by atoms with van der Waals surface area (Å²) in [5, 5.41) is 16.4. The minimum Gasteiger partial charge on any atom is -0.497 e. The van der Waals surface area contributed by atoms with E-state index < -0.39 is 47.7 Å². The molecular formula is C30H42N4O7. The number of alkyl carbamates (subject to hydrolysis) is 1. The zero-order chi connectivity index (χ0) is 30.6. The van der Waals surface area contributed by atoms with Crippen molar-refractivity contribution < 1.29 is 33.4 Å². The molecule has 0 radical (unpaired) electrons. The third-order valence-corrected chi connectivity index (χ3v) is 6.33. The number of Topliss-reactive ketones (excluding diaryl/α,β-unsaturated/α-hetero) is 1. The van der Waals surface area contributed by atoms with Gasteiger partial charge in [-0.25, -0.2) is 4.79 Å². The predicted molar refractivity (Wildman–Crippen MR) is 152 cm³/mol. The number of ether oxygens (including phenoxy) is 3. The van der Waals surface area contributed by atoms with Crippen LogP contribution in [-0.4, -0.2) is 67.2 Å². The molecule has 0 bridgehead atoms. The molecule has 3 N–H and O–H groups in total. The number of rotatable bonds is 11. The lowest BCUT2D eigenvalue weighted by atomic mass is 9.94. The lowest BCUT2D eigenvalue weighted by Gasteiger charge is -2.23. The first-order valence-electron chi connectivity index (χ1n) is 13.7. The molecule has 2 aliphatic rings. The van der Waals surface area contributed by atoms with E-state index in [0.29, 0.717) is 13.0 Å². The monoisotopic (exact) mass is 570 g/mol. The maximum atomic E-state index is 12.8. The van der Waals surface area contributed by atoms with Crippen LogP contribution in [0.2, 0.25) is 0 Å². The van der Waals surface area contributed by atoms with E-state index in [1.165, 1.54) is 5.56 Å². The highest BCUT2D eigenvalue weighted by atomic mass is 16.6. The number of amides is 3. The number of allylic oxidation sites excluding steroid dienone is 1. The number of ketones is 1. The maximum Gasteiger partial charge on any atom is 0.408 e. The number of epoxide rings is 1. The van der Waals surface area contributed by atoms with Gasteiger partial charge in [-0.05, 0) is 72.4 Å². The molecule has 1 aromatic rings. The van der Waals surface area contributed by atoms with Crippen LogP contribution in [0.3, 0.4) is 0 Å². The van der Waals surface area contributed by atoms with Gasteiger partial charge in [0.2, 0.25) is 11.8 Å². The van der Waals surface area contributed by atoms with E-state index in [0.717, 1.165) is 30.6 Å². The SMILES string of the molecule is CC(C)(C)OC(=O)NC(CC#N)C(=O)NCC(=O)NC(CC1=CCCC1)C(=O)C1(C)CO1.COc1ccc(C)cc1. The summed E-state index contributed by atoms with van der Waals surface area (Å²) in [6.07, 6.45) is 4.23. The number of hydrogen-bond donors (Lipinski definition) is 3. The molecule has 1 saturated heterocycles. The summed E-state index contributed by atoms with van der Waals surface area (Å²) in [6, 6.07) is 7.86. The van der Waals surface area contributed by atoms with E-state index in [4.69, 9.17) is 19.5 Å². The lowest BCUT2D eigenvalue weighted by molar-refractivity contribution is -0.131. The summed E-state index contributed by atoms with van der Waals surface area (Å²) in [4.78, 5) is 49.5. The first-order valence-corrected chi connectivity index (χ1v) is 13.7. The van der Waals surface area contributed by atoms with E-state index in [1.54, 1.807) is 34.8 Å². The van der Waals surface area contributed by atoms with Crippen LogP contribution in [0.25, 0.3) is 0 Å². The average molecular weight is 571 g/mol. The molecule has 1 heterocycles. The molecule has 1 aliphatic heterocycles. The number of nitrogens with zero attached hydrogens (tertiary/aromatic N) is 1. The van der Waals surface area contributed by atoms with Crippen LogP contribution in [0.1, 0.15) is 65.4 Å². The van der Waals surface area contributed by atoms with Gasteiger partial charge in [-0.1, -0.05) is 29.3 Å². The van der Waals surface area contributed by atoms with Crippen molar-refractivity contribution in [2.75, 3.05) is 20.3 Å². The summed E-state index contributed by atoms with van der Waals surface area (Å²) < 4.78 is 15.3. The van der Waals surface area contributed by atoms with Crippen molar-refractivity contribution in [2.24, 2.45) is 0 Å². The number of hydrogen-bond acceptors (Lipinski definition) is 8. The number of nitriles is 1. The van der Waals surface area contributed by atoms with Gasteiger partial charge in [0.05, 0.1) is 38.8 Å². The van der Waals surface area contributed by atoms with Gasteiger partial charge in [-0.2, -0.15) is 5.26 Å². The van der Waals surface area contributed by atoms with Gasteiger partial charge in [0.25, 0.3) is 0 Å². The zero-order valence-electron chi connectivity index (χ0n) is 24.8. The predicted octanol–water partition coefficient (Wildman–Crippen LogP) is 3.26. The summed E-state index contributed by atoms with van der Waals surface area (Å²) in [5.41, 5.74) is 0.731. The number of methoxy groups -OCH3 is 1. The van der Waals surface area contributed by atoms with Crippen molar-refractivity contribution in [3.8, 4) is 11.8 Å². The van der Waals surface area contributed by atoms with E-state index >= 15 is 0 Å². The summed E-state index contributed by atoms with van der Waals surface area (Å²) in [7, 11) is 1.67. The van der Waals surface area contributed by atoms with Gasteiger partial charge in [-0.3, -0.25) is 14.4 Å². The van der Waals surface area contributed by atoms with Crippen molar-refractivity contribution in [2.45, 2.75) is 90.0 Å². The Labute approximate surface area is 242 Å². The second kappa shape index (κ2) is 15.2. The number of benzene rings is 1. The number of carbonyl (C=O) groups excluding carboxylic acids is 4. The molecule has 0 spiro atoms. The second-order valence-electron chi connectivity index (χ2n) is 11.3. The highest BCUT2D eigenvalue weighted by Crippen LogP contribution is 2.31. The standard InChI is InChI=1S/C22H32N4O6.C8H10O/c1-21(2,3)32-20(30)26-15(9-10-23)19(29)24-12-17(27)25-16(11-14-7-5-6-8-14)18(28)22(4)13-31-22;1-7-3-5-8(9-2)6-4-7/h7,15-16H,5-6,8-9,11-13H2,1-4H3,(H,24,29)(H,25,27)(H,26,30);3-6H,1-2H3. The lowest BCUT2D eigenvalue weighted by Crippen LogP contribution is -2.52. The van der Waals surface area contributed by atoms with E-state index in [-0.39, 0.29) is 12.2 Å². The fraction of sp³-hybridized carbons (Fsp3) is 0.567.